The lowest BCUT2D eigenvalue weighted by Gasteiger charge is -2.21. The molecule has 1 atom stereocenters. The van der Waals surface area contributed by atoms with Crippen molar-refractivity contribution >= 4 is 11.8 Å². The standard InChI is InChI=1S/C26H32N4O3/c1-6-23(21-14-10-11-15-24(21)33-17-26(32)29(4)5)27-25(31)16-22-18(2)28-30(19(22)3)20-12-8-7-9-13-20/h7-15,23H,6,16-17H2,1-5H3,(H,27,31). The van der Waals surface area contributed by atoms with Gasteiger partial charge in [-0.15, -0.1) is 0 Å². The molecule has 2 aromatic carbocycles. The fourth-order valence-corrected chi connectivity index (χ4v) is 3.73. The molecule has 1 heterocycles. The monoisotopic (exact) mass is 448 g/mol. The van der Waals surface area contributed by atoms with Crippen molar-refractivity contribution in [2.24, 2.45) is 0 Å². The number of ether oxygens (including phenoxy) is 1. The number of rotatable bonds is 9. The van der Waals surface area contributed by atoms with Crippen molar-refractivity contribution in [3.8, 4) is 11.4 Å². The van der Waals surface area contributed by atoms with Crippen LogP contribution in [0.1, 0.15) is 41.9 Å². The van der Waals surface area contributed by atoms with Gasteiger partial charge >= 0.3 is 0 Å². The lowest BCUT2D eigenvalue weighted by molar-refractivity contribution is -0.130. The molecule has 0 saturated heterocycles. The van der Waals surface area contributed by atoms with Crippen molar-refractivity contribution in [2.75, 3.05) is 20.7 Å². The molecule has 3 aromatic rings. The molecule has 0 bridgehead atoms. The molecule has 2 amide bonds. The van der Waals surface area contributed by atoms with Gasteiger partial charge in [-0.2, -0.15) is 5.10 Å². The Bertz CT molecular complexity index is 1110. The van der Waals surface area contributed by atoms with E-state index in [1.807, 2.05) is 80.1 Å². The molecule has 174 valence electrons. The average molecular weight is 449 g/mol. The quantitative estimate of drug-likeness (QED) is 0.541. The second-order valence-electron chi connectivity index (χ2n) is 8.22. The van der Waals surface area contributed by atoms with Crippen molar-refractivity contribution < 1.29 is 14.3 Å². The zero-order chi connectivity index (χ0) is 24.0. The fourth-order valence-electron chi connectivity index (χ4n) is 3.73. The summed E-state index contributed by atoms with van der Waals surface area (Å²) < 4.78 is 7.65. The summed E-state index contributed by atoms with van der Waals surface area (Å²) in [5.74, 6) is 0.396. The number of aromatic nitrogens is 2. The summed E-state index contributed by atoms with van der Waals surface area (Å²) in [4.78, 5) is 26.4. The molecule has 0 saturated carbocycles. The number of nitrogens with one attached hydrogen (secondary N) is 1. The molecule has 0 spiro atoms. The number of likely N-dealkylation sites (N-methyl/N-ethyl adjacent to an activating group) is 1. The van der Waals surface area contributed by atoms with E-state index in [0.717, 1.165) is 28.2 Å². The van der Waals surface area contributed by atoms with E-state index in [2.05, 4.69) is 10.4 Å². The maximum absolute atomic E-state index is 13.0. The maximum atomic E-state index is 13.0. The van der Waals surface area contributed by atoms with Crippen LogP contribution in [0, 0.1) is 13.8 Å². The number of hydrogen-bond acceptors (Lipinski definition) is 4. The third kappa shape index (κ3) is 5.80. The Morgan fingerprint density at radius 1 is 1.06 bits per heavy atom. The number of carbonyl (C=O) groups is 2. The topological polar surface area (TPSA) is 76.5 Å². The Hall–Kier alpha value is -3.61. The Morgan fingerprint density at radius 3 is 2.39 bits per heavy atom. The largest absolute Gasteiger partial charge is 0.483 e. The maximum Gasteiger partial charge on any atom is 0.259 e. The van der Waals surface area contributed by atoms with Gasteiger partial charge in [-0.1, -0.05) is 43.3 Å². The lowest BCUT2D eigenvalue weighted by atomic mass is 10.0. The number of benzene rings is 2. The molecule has 1 unspecified atom stereocenters. The Balaban J connectivity index is 1.74. The second-order valence-corrected chi connectivity index (χ2v) is 8.22. The highest BCUT2D eigenvalue weighted by atomic mass is 16.5. The van der Waals surface area contributed by atoms with Crippen LogP contribution < -0.4 is 10.1 Å². The summed E-state index contributed by atoms with van der Waals surface area (Å²) in [6.45, 7) is 5.87. The highest BCUT2D eigenvalue weighted by Crippen LogP contribution is 2.28. The number of aryl methyl sites for hydroxylation is 1. The van der Waals surface area contributed by atoms with Crippen LogP contribution in [0.25, 0.3) is 5.69 Å². The zero-order valence-corrected chi connectivity index (χ0v) is 20.0. The highest BCUT2D eigenvalue weighted by molar-refractivity contribution is 5.80. The Kier molecular flexibility index (Phi) is 7.87. The lowest BCUT2D eigenvalue weighted by Crippen LogP contribution is -2.31. The molecule has 33 heavy (non-hydrogen) atoms. The van der Waals surface area contributed by atoms with Crippen LogP contribution in [0.15, 0.2) is 54.6 Å². The number of nitrogens with zero attached hydrogens (tertiary/aromatic N) is 3. The van der Waals surface area contributed by atoms with Crippen LogP contribution in [0.3, 0.4) is 0 Å². The van der Waals surface area contributed by atoms with Gasteiger partial charge in [-0.05, 0) is 38.5 Å². The van der Waals surface area contributed by atoms with Gasteiger partial charge in [-0.25, -0.2) is 4.68 Å². The first-order valence-corrected chi connectivity index (χ1v) is 11.1. The molecule has 3 rings (SSSR count). The minimum atomic E-state index is -0.229. The molecule has 0 aliphatic heterocycles. The minimum Gasteiger partial charge on any atom is -0.483 e. The van der Waals surface area contributed by atoms with Crippen LogP contribution in [-0.2, 0) is 16.0 Å². The van der Waals surface area contributed by atoms with Crippen molar-refractivity contribution in [3.63, 3.8) is 0 Å². The van der Waals surface area contributed by atoms with E-state index in [-0.39, 0.29) is 30.9 Å². The highest BCUT2D eigenvalue weighted by Gasteiger charge is 2.21. The molecular weight excluding hydrogens is 416 g/mol. The van der Waals surface area contributed by atoms with E-state index in [4.69, 9.17) is 4.74 Å². The van der Waals surface area contributed by atoms with Crippen molar-refractivity contribution in [2.45, 2.75) is 39.7 Å². The van der Waals surface area contributed by atoms with Gasteiger partial charge in [0.15, 0.2) is 6.61 Å². The van der Waals surface area contributed by atoms with E-state index < -0.39 is 0 Å². The van der Waals surface area contributed by atoms with E-state index >= 15 is 0 Å². The van der Waals surface area contributed by atoms with Gasteiger partial charge in [-0.3, -0.25) is 9.59 Å². The summed E-state index contributed by atoms with van der Waals surface area (Å²) in [6.07, 6.45) is 0.929. The number of hydrogen-bond donors (Lipinski definition) is 1. The van der Waals surface area contributed by atoms with E-state index in [0.29, 0.717) is 12.2 Å². The molecule has 0 aliphatic carbocycles. The molecule has 1 N–H and O–H groups in total. The summed E-state index contributed by atoms with van der Waals surface area (Å²) in [5, 5.41) is 7.78. The normalized spacial score (nSPS) is 11.7. The molecular formula is C26H32N4O3. The van der Waals surface area contributed by atoms with Crippen molar-refractivity contribution in [1.29, 1.82) is 0 Å². The van der Waals surface area contributed by atoms with Gasteiger partial charge in [0.25, 0.3) is 5.91 Å². The van der Waals surface area contributed by atoms with Gasteiger partial charge in [0.05, 0.1) is 23.8 Å². The summed E-state index contributed by atoms with van der Waals surface area (Å²) in [5.41, 5.74) is 4.54. The van der Waals surface area contributed by atoms with Crippen LogP contribution in [-0.4, -0.2) is 47.2 Å². The van der Waals surface area contributed by atoms with Gasteiger partial charge in [0.2, 0.25) is 5.91 Å². The third-order valence-electron chi connectivity index (χ3n) is 5.67. The summed E-state index contributed by atoms with van der Waals surface area (Å²) in [6, 6.07) is 17.2. The van der Waals surface area contributed by atoms with Crippen LogP contribution >= 0.6 is 0 Å². The fraction of sp³-hybridized carbons (Fsp3) is 0.346. The number of amides is 2. The molecule has 7 nitrogen and oxygen atoms in total. The van der Waals surface area contributed by atoms with E-state index in [1.165, 1.54) is 4.90 Å². The predicted molar refractivity (Wildman–Crippen MR) is 129 cm³/mol. The average Bonchev–Trinajstić information content (AvgIpc) is 3.10. The summed E-state index contributed by atoms with van der Waals surface area (Å²) in [7, 11) is 3.38. The minimum absolute atomic E-state index is 0.0501. The molecule has 1 aromatic heterocycles. The number of carbonyl (C=O) groups excluding carboxylic acids is 2. The summed E-state index contributed by atoms with van der Waals surface area (Å²) >= 11 is 0. The SMILES string of the molecule is CCC(NC(=O)Cc1c(C)nn(-c2ccccc2)c1C)c1ccccc1OCC(=O)N(C)C. The van der Waals surface area contributed by atoms with Crippen molar-refractivity contribution in [1.82, 2.24) is 20.0 Å². The van der Waals surface area contributed by atoms with Crippen molar-refractivity contribution in [3.05, 3.63) is 77.1 Å². The third-order valence-corrected chi connectivity index (χ3v) is 5.67. The van der Waals surface area contributed by atoms with E-state index in [9.17, 15) is 9.59 Å². The Labute approximate surface area is 195 Å². The van der Waals surface area contributed by atoms with E-state index in [1.54, 1.807) is 14.1 Å². The molecule has 7 heteroatoms. The first kappa shape index (κ1) is 24.0. The van der Waals surface area contributed by atoms with Crippen LogP contribution in [0.2, 0.25) is 0 Å². The second kappa shape index (κ2) is 10.8. The predicted octanol–water partition coefficient (Wildman–Crippen LogP) is 3.77. The van der Waals surface area contributed by atoms with Gasteiger partial charge in [0, 0.05) is 30.9 Å². The smallest absolute Gasteiger partial charge is 0.259 e. The van der Waals surface area contributed by atoms with Crippen LogP contribution in [0.4, 0.5) is 0 Å². The van der Waals surface area contributed by atoms with Crippen LogP contribution in [0.5, 0.6) is 5.75 Å². The zero-order valence-electron chi connectivity index (χ0n) is 20.0. The Morgan fingerprint density at radius 2 is 1.73 bits per heavy atom. The molecule has 0 fully saturated rings. The number of para-hydroxylation sites is 2. The molecule has 0 radical (unpaired) electrons. The molecule has 0 aliphatic rings. The first-order chi connectivity index (χ1) is 15.8. The van der Waals surface area contributed by atoms with Gasteiger partial charge < -0.3 is 15.0 Å². The van der Waals surface area contributed by atoms with Gasteiger partial charge in [0.1, 0.15) is 5.75 Å². The first-order valence-electron chi connectivity index (χ1n) is 11.1.